The van der Waals surface area contributed by atoms with E-state index in [0.717, 1.165) is 21.6 Å². The Morgan fingerprint density at radius 3 is 3.00 bits per heavy atom. The zero-order chi connectivity index (χ0) is 13.8. The molecule has 1 amide bonds. The normalized spacial score (nSPS) is 10.5. The second-order valence-electron chi connectivity index (χ2n) is 3.99. The van der Waals surface area contributed by atoms with E-state index in [1.165, 1.54) is 0 Å². The molecule has 100 valence electrons. The molecule has 0 saturated heterocycles. The largest absolute Gasteiger partial charge is 0.352 e. The van der Waals surface area contributed by atoms with E-state index in [9.17, 15) is 4.79 Å². The van der Waals surface area contributed by atoms with Crippen LogP contribution in [-0.2, 0) is 6.42 Å². The lowest BCUT2D eigenvalue weighted by Crippen LogP contribution is -2.26. The van der Waals surface area contributed by atoms with Crippen LogP contribution in [-0.4, -0.2) is 17.4 Å². The van der Waals surface area contributed by atoms with Gasteiger partial charge in [0.15, 0.2) is 0 Å². The van der Waals surface area contributed by atoms with Gasteiger partial charge in [-0.3, -0.25) is 4.79 Å². The maximum atomic E-state index is 12.0. The van der Waals surface area contributed by atoms with Gasteiger partial charge in [0, 0.05) is 28.5 Å². The van der Waals surface area contributed by atoms with Gasteiger partial charge in [0.1, 0.15) is 0 Å². The predicted molar refractivity (Wildman–Crippen MR) is 82.0 cm³/mol. The summed E-state index contributed by atoms with van der Waals surface area (Å²) in [6.07, 6.45) is 0.732. The van der Waals surface area contributed by atoms with Crippen LogP contribution in [0.4, 0.5) is 0 Å². The number of aromatic nitrogens is 1. The summed E-state index contributed by atoms with van der Waals surface area (Å²) in [7, 11) is 0. The monoisotopic (exact) mass is 358 g/mol. The summed E-state index contributed by atoms with van der Waals surface area (Å²) >= 11 is 11.0. The minimum atomic E-state index is -0.167. The molecular weight excluding hydrogens is 348 g/mol. The van der Waals surface area contributed by atoms with Gasteiger partial charge in [-0.15, -0.1) is 11.3 Å². The van der Waals surface area contributed by atoms with Crippen LogP contribution < -0.4 is 5.32 Å². The highest BCUT2D eigenvalue weighted by Gasteiger charge is 2.11. The summed E-state index contributed by atoms with van der Waals surface area (Å²) in [5.41, 5.74) is 1.49. The highest BCUT2D eigenvalue weighted by Crippen LogP contribution is 2.25. The number of amides is 1. The van der Waals surface area contributed by atoms with Gasteiger partial charge in [-0.2, -0.15) is 0 Å². The summed E-state index contributed by atoms with van der Waals surface area (Å²) in [6.45, 7) is 2.51. The Bertz CT molecular complexity index is 600. The molecule has 0 unspecified atom stereocenters. The molecule has 1 N–H and O–H groups in total. The summed E-state index contributed by atoms with van der Waals surface area (Å²) in [4.78, 5) is 16.3. The molecule has 1 aromatic heterocycles. The van der Waals surface area contributed by atoms with Crippen molar-refractivity contribution in [3.63, 3.8) is 0 Å². The third-order valence-corrected chi connectivity index (χ3v) is 4.81. The molecule has 0 aliphatic carbocycles. The molecule has 0 saturated carbocycles. The average Bonchev–Trinajstić information content (AvgIpc) is 2.78. The minimum Gasteiger partial charge on any atom is -0.352 e. The van der Waals surface area contributed by atoms with Crippen molar-refractivity contribution in [2.75, 3.05) is 6.54 Å². The van der Waals surface area contributed by atoms with Gasteiger partial charge in [0.25, 0.3) is 5.91 Å². The Morgan fingerprint density at radius 1 is 1.53 bits per heavy atom. The number of rotatable bonds is 4. The third kappa shape index (κ3) is 3.78. The van der Waals surface area contributed by atoms with Crippen LogP contribution in [0, 0.1) is 6.92 Å². The van der Waals surface area contributed by atoms with Crippen molar-refractivity contribution >= 4 is 44.8 Å². The summed E-state index contributed by atoms with van der Waals surface area (Å²) in [6, 6.07) is 5.29. The van der Waals surface area contributed by atoms with E-state index in [1.807, 2.05) is 12.3 Å². The fourth-order valence-corrected chi connectivity index (χ4v) is 2.93. The predicted octanol–water partition coefficient (Wildman–Crippen LogP) is 3.84. The topological polar surface area (TPSA) is 42.0 Å². The number of halogens is 2. The van der Waals surface area contributed by atoms with Gasteiger partial charge >= 0.3 is 0 Å². The highest BCUT2D eigenvalue weighted by molar-refractivity contribution is 9.10. The van der Waals surface area contributed by atoms with E-state index in [4.69, 9.17) is 11.6 Å². The molecule has 0 aliphatic heterocycles. The molecule has 0 radical (unpaired) electrons. The van der Waals surface area contributed by atoms with E-state index < -0.39 is 0 Å². The van der Waals surface area contributed by atoms with Gasteiger partial charge in [0.2, 0.25) is 0 Å². The SMILES string of the molecule is Cc1csc(CCNC(=O)c2cccc(Br)c2Cl)n1. The van der Waals surface area contributed by atoms with Crippen molar-refractivity contribution in [2.24, 2.45) is 0 Å². The molecule has 3 nitrogen and oxygen atoms in total. The van der Waals surface area contributed by atoms with Gasteiger partial charge in [-0.05, 0) is 35.0 Å². The van der Waals surface area contributed by atoms with Crippen molar-refractivity contribution in [1.29, 1.82) is 0 Å². The lowest BCUT2D eigenvalue weighted by atomic mass is 10.2. The zero-order valence-electron chi connectivity index (χ0n) is 10.2. The van der Waals surface area contributed by atoms with E-state index in [-0.39, 0.29) is 5.91 Å². The zero-order valence-corrected chi connectivity index (χ0v) is 13.4. The van der Waals surface area contributed by atoms with Crippen LogP contribution in [0.25, 0.3) is 0 Å². The van der Waals surface area contributed by atoms with Crippen LogP contribution in [0.2, 0.25) is 5.02 Å². The third-order valence-electron chi connectivity index (χ3n) is 2.49. The molecule has 1 aromatic carbocycles. The number of nitrogens with one attached hydrogen (secondary N) is 1. The molecule has 1 heterocycles. The van der Waals surface area contributed by atoms with Crippen molar-refractivity contribution in [3.05, 3.63) is 49.3 Å². The quantitative estimate of drug-likeness (QED) is 0.901. The average molecular weight is 360 g/mol. The summed E-state index contributed by atoms with van der Waals surface area (Å²) in [5, 5.41) is 6.31. The lowest BCUT2D eigenvalue weighted by Gasteiger charge is -2.06. The first-order valence-electron chi connectivity index (χ1n) is 5.71. The Balaban J connectivity index is 1.93. The molecule has 6 heteroatoms. The highest BCUT2D eigenvalue weighted by atomic mass is 79.9. The van der Waals surface area contributed by atoms with Crippen LogP contribution in [0.15, 0.2) is 28.1 Å². The Labute approximate surface area is 129 Å². The first-order valence-corrected chi connectivity index (χ1v) is 7.76. The van der Waals surface area contributed by atoms with Crippen LogP contribution in [0.3, 0.4) is 0 Å². The number of carbonyl (C=O) groups excluding carboxylic acids is 1. The maximum Gasteiger partial charge on any atom is 0.252 e. The lowest BCUT2D eigenvalue weighted by molar-refractivity contribution is 0.0954. The molecule has 0 aliphatic rings. The first-order chi connectivity index (χ1) is 9.08. The molecule has 0 spiro atoms. The number of hydrogen-bond donors (Lipinski definition) is 1. The number of hydrogen-bond acceptors (Lipinski definition) is 3. The molecule has 2 aromatic rings. The first kappa shape index (κ1) is 14.5. The number of benzene rings is 1. The summed E-state index contributed by atoms with van der Waals surface area (Å²) in [5.74, 6) is -0.167. The smallest absolute Gasteiger partial charge is 0.252 e. The van der Waals surface area contributed by atoms with E-state index in [1.54, 1.807) is 29.5 Å². The van der Waals surface area contributed by atoms with Gasteiger partial charge in [-0.25, -0.2) is 4.98 Å². The number of nitrogens with zero attached hydrogens (tertiary/aromatic N) is 1. The second kappa shape index (κ2) is 6.50. The van der Waals surface area contributed by atoms with Crippen molar-refractivity contribution in [2.45, 2.75) is 13.3 Å². The Morgan fingerprint density at radius 2 is 2.32 bits per heavy atom. The molecule has 0 fully saturated rings. The molecule has 0 bridgehead atoms. The standard InChI is InChI=1S/C13H12BrClN2OS/c1-8-7-19-11(17-8)5-6-16-13(18)9-3-2-4-10(14)12(9)15/h2-4,7H,5-6H2,1H3,(H,16,18). The van der Waals surface area contributed by atoms with E-state index >= 15 is 0 Å². The molecule has 0 atom stereocenters. The van der Waals surface area contributed by atoms with Crippen LogP contribution >= 0.6 is 38.9 Å². The van der Waals surface area contributed by atoms with E-state index in [2.05, 4.69) is 26.2 Å². The fraction of sp³-hybridized carbons (Fsp3) is 0.231. The van der Waals surface area contributed by atoms with Gasteiger partial charge < -0.3 is 5.32 Å². The van der Waals surface area contributed by atoms with Crippen molar-refractivity contribution in [1.82, 2.24) is 10.3 Å². The van der Waals surface area contributed by atoms with Crippen molar-refractivity contribution < 1.29 is 4.79 Å². The Kier molecular flexibility index (Phi) is 4.96. The molecule has 19 heavy (non-hydrogen) atoms. The summed E-state index contributed by atoms with van der Waals surface area (Å²) < 4.78 is 0.720. The van der Waals surface area contributed by atoms with Crippen LogP contribution in [0.5, 0.6) is 0 Å². The van der Waals surface area contributed by atoms with Gasteiger partial charge in [0.05, 0.1) is 15.6 Å². The molecular formula is C13H12BrClN2OS. The second-order valence-corrected chi connectivity index (χ2v) is 6.16. The van der Waals surface area contributed by atoms with Gasteiger partial charge in [-0.1, -0.05) is 17.7 Å². The van der Waals surface area contributed by atoms with Crippen LogP contribution in [0.1, 0.15) is 21.1 Å². The molecule has 2 rings (SSSR count). The number of thiazole rings is 1. The fourth-order valence-electron chi connectivity index (χ4n) is 1.57. The van der Waals surface area contributed by atoms with Crippen molar-refractivity contribution in [3.8, 4) is 0 Å². The maximum absolute atomic E-state index is 12.0. The number of aryl methyl sites for hydroxylation is 1. The Hall–Kier alpha value is -0.910. The minimum absolute atomic E-state index is 0.167. The van der Waals surface area contributed by atoms with E-state index in [0.29, 0.717) is 17.1 Å². The number of carbonyl (C=O) groups is 1.